The molecule has 0 atom stereocenters. The van der Waals surface area contributed by atoms with Crippen LogP contribution in [0.15, 0.2) is 47.4 Å². The van der Waals surface area contributed by atoms with Crippen molar-refractivity contribution in [3.05, 3.63) is 59.7 Å². The first-order valence-electron chi connectivity index (χ1n) is 6.00. The number of carbonyl (C=O) groups excluding carboxylic acids is 1. The first-order valence-corrected chi connectivity index (χ1v) is 7.48. The average molecular weight is 327 g/mol. The van der Waals surface area contributed by atoms with Crippen molar-refractivity contribution in [3.8, 4) is 0 Å². The summed E-state index contributed by atoms with van der Waals surface area (Å²) in [6, 6.07) is 7.87. The molecule has 0 amide bonds. The third kappa shape index (κ3) is 3.22. The van der Waals surface area contributed by atoms with Crippen molar-refractivity contribution in [3.63, 3.8) is 0 Å². The first-order chi connectivity index (χ1) is 10.3. The van der Waals surface area contributed by atoms with Crippen LogP contribution in [0.3, 0.4) is 0 Å². The highest BCUT2D eigenvalue weighted by Crippen LogP contribution is 2.22. The summed E-state index contributed by atoms with van der Waals surface area (Å²) in [6.45, 7) is 0. The number of hydrogen-bond donors (Lipinski definition) is 1. The molecule has 2 aromatic carbocycles. The van der Waals surface area contributed by atoms with Gasteiger partial charge in [-0.2, -0.15) is 0 Å². The van der Waals surface area contributed by atoms with Crippen molar-refractivity contribution >= 4 is 21.7 Å². The van der Waals surface area contributed by atoms with E-state index in [1.54, 1.807) is 0 Å². The fraction of sp³-hybridized carbons (Fsp3) is 0.0714. The molecule has 0 bridgehead atoms. The second-order valence-electron chi connectivity index (χ2n) is 4.22. The van der Waals surface area contributed by atoms with Gasteiger partial charge in [0, 0.05) is 0 Å². The summed E-state index contributed by atoms with van der Waals surface area (Å²) in [7, 11) is -3.11. The van der Waals surface area contributed by atoms with Gasteiger partial charge in [-0.15, -0.1) is 0 Å². The van der Waals surface area contributed by atoms with Crippen LogP contribution >= 0.6 is 0 Å². The number of ether oxygens (including phenoxy) is 1. The Kier molecular flexibility index (Phi) is 4.41. The Hall–Kier alpha value is -2.48. The number of rotatable bonds is 4. The molecule has 0 unspecified atom stereocenters. The lowest BCUT2D eigenvalue weighted by molar-refractivity contribution is 0.0600. The van der Waals surface area contributed by atoms with Crippen LogP contribution in [0.5, 0.6) is 0 Å². The predicted octanol–water partition coefficient (Wildman–Crippen LogP) is 2.55. The Morgan fingerprint density at radius 2 is 1.68 bits per heavy atom. The van der Waals surface area contributed by atoms with Gasteiger partial charge in [-0.3, -0.25) is 4.72 Å². The molecule has 0 aliphatic rings. The zero-order valence-corrected chi connectivity index (χ0v) is 12.2. The minimum atomic E-state index is -4.26. The Morgan fingerprint density at radius 3 is 2.27 bits per heavy atom. The second-order valence-corrected chi connectivity index (χ2v) is 5.90. The van der Waals surface area contributed by atoms with Gasteiger partial charge in [0.15, 0.2) is 0 Å². The maximum atomic E-state index is 13.5. The van der Waals surface area contributed by atoms with Gasteiger partial charge in [0.25, 0.3) is 10.0 Å². The van der Waals surface area contributed by atoms with Crippen LogP contribution in [0.2, 0.25) is 0 Å². The zero-order valence-electron chi connectivity index (χ0n) is 11.3. The smallest absolute Gasteiger partial charge is 0.337 e. The van der Waals surface area contributed by atoms with Crippen LogP contribution in [0.25, 0.3) is 0 Å². The molecule has 0 aliphatic carbocycles. The van der Waals surface area contributed by atoms with E-state index in [0.29, 0.717) is 0 Å². The largest absolute Gasteiger partial charge is 0.465 e. The third-order valence-electron chi connectivity index (χ3n) is 2.76. The standard InChI is InChI=1S/C14H11F2NO4S/c1-21-14(18)9-4-2-5-10(8-9)22(19,20)17-13-11(15)6-3-7-12(13)16/h2-8,17H,1H3. The number of esters is 1. The lowest BCUT2D eigenvalue weighted by Gasteiger charge is -2.10. The number of benzene rings is 2. The molecule has 0 fully saturated rings. The third-order valence-corrected chi connectivity index (χ3v) is 4.11. The summed E-state index contributed by atoms with van der Waals surface area (Å²) in [5.74, 6) is -2.82. The van der Waals surface area contributed by atoms with Gasteiger partial charge in [-0.05, 0) is 30.3 Å². The molecule has 0 spiro atoms. The lowest BCUT2D eigenvalue weighted by Crippen LogP contribution is -2.16. The number of para-hydroxylation sites is 1. The number of nitrogens with one attached hydrogen (secondary N) is 1. The van der Waals surface area contributed by atoms with Crippen molar-refractivity contribution < 1.29 is 26.7 Å². The van der Waals surface area contributed by atoms with Crippen molar-refractivity contribution in [2.24, 2.45) is 0 Å². The van der Waals surface area contributed by atoms with E-state index < -0.39 is 33.3 Å². The second kappa shape index (κ2) is 6.10. The average Bonchev–Trinajstić information content (AvgIpc) is 2.50. The fourth-order valence-electron chi connectivity index (χ4n) is 1.70. The van der Waals surface area contributed by atoms with Crippen LogP contribution < -0.4 is 4.72 Å². The normalized spacial score (nSPS) is 11.0. The molecule has 5 nitrogen and oxygen atoms in total. The molecule has 116 valence electrons. The van der Waals surface area contributed by atoms with Crippen molar-refractivity contribution in [1.82, 2.24) is 0 Å². The van der Waals surface area contributed by atoms with Gasteiger partial charge in [0.05, 0.1) is 17.6 Å². The van der Waals surface area contributed by atoms with Crippen LogP contribution in [0.1, 0.15) is 10.4 Å². The summed E-state index contributed by atoms with van der Waals surface area (Å²) in [5.41, 5.74) is -0.787. The van der Waals surface area contributed by atoms with Gasteiger partial charge in [0.2, 0.25) is 0 Å². The monoisotopic (exact) mass is 327 g/mol. The molecule has 0 radical (unpaired) electrons. The highest BCUT2D eigenvalue weighted by molar-refractivity contribution is 7.92. The quantitative estimate of drug-likeness (QED) is 0.876. The van der Waals surface area contributed by atoms with Gasteiger partial charge in [-0.25, -0.2) is 22.0 Å². The molecule has 0 heterocycles. The minimum Gasteiger partial charge on any atom is -0.465 e. The van der Waals surface area contributed by atoms with E-state index in [2.05, 4.69) is 4.74 Å². The Bertz CT molecular complexity index is 801. The summed E-state index contributed by atoms with van der Waals surface area (Å²) in [5, 5.41) is 0. The molecule has 0 saturated heterocycles. The van der Waals surface area contributed by atoms with E-state index in [1.807, 2.05) is 4.72 Å². The number of methoxy groups -OCH3 is 1. The number of anilines is 1. The van der Waals surface area contributed by atoms with E-state index in [9.17, 15) is 22.0 Å². The van der Waals surface area contributed by atoms with Gasteiger partial charge in [-0.1, -0.05) is 12.1 Å². The molecule has 0 saturated carbocycles. The Labute approximate surface area is 125 Å². The van der Waals surface area contributed by atoms with Crippen LogP contribution in [-0.2, 0) is 14.8 Å². The number of halogens is 2. The molecular weight excluding hydrogens is 316 g/mol. The minimum absolute atomic E-state index is 0.000574. The zero-order chi connectivity index (χ0) is 16.3. The highest BCUT2D eigenvalue weighted by Gasteiger charge is 2.20. The number of carbonyl (C=O) groups is 1. The molecule has 1 N–H and O–H groups in total. The molecule has 2 rings (SSSR count). The topological polar surface area (TPSA) is 72.5 Å². The molecule has 0 aliphatic heterocycles. The van der Waals surface area contributed by atoms with E-state index >= 15 is 0 Å². The molecule has 2 aromatic rings. The molecular formula is C14H11F2NO4S. The maximum Gasteiger partial charge on any atom is 0.337 e. The van der Waals surface area contributed by atoms with Gasteiger partial charge < -0.3 is 4.74 Å². The Morgan fingerprint density at radius 1 is 1.09 bits per heavy atom. The number of hydrogen-bond acceptors (Lipinski definition) is 4. The van der Waals surface area contributed by atoms with Crippen LogP contribution in [0.4, 0.5) is 14.5 Å². The molecule has 8 heteroatoms. The van der Waals surface area contributed by atoms with Crippen molar-refractivity contribution in [2.45, 2.75) is 4.90 Å². The van der Waals surface area contributed by atoms with Crippen LogP contribution in [0, 0.1) is 11.6 Å². The van der Waals surface area contributed by atoms with Gasteiger partial charge in [0.1, 0.15) is 17.3 Å². The van der Waals surface area contributed by atoms with Crippen LogP contribution in [-0.4, -0.2) is 21.5 Å². The van der Waals surface area contributed by atoms with Gasteiger partial charge >= 0.3 is 5.97 Å². The molecule has 0 aromatic heterocycles. The Balaban J connectivity index is 2.41. The summed E-state index contributed by atoms with van der Waals surface area (Å²) in [4.78, 5) is 11.1. The van der Waals surface area contributed by atoms with E-state index in [-0.39, 0.29) is 10.5 Å². The lowest BCUT2D eigenvalue weighted by atomic mass is 10.2. The fourth-order valence-corrected chi connectivity index (χ4v) is 2.82. The SMILES string of the molecule is COC(=O)c1cccc(S(=O)(=O)Nc2c(F)cccc2F)c1. The molecule has 22 heavy (non-hydrogen) atoms. The van der Waals surface area contributed by atoms with E-state index in [4.69, 9.17) is 0 Å². The maximum absolute atomic E-state index is 13.5. The number of sulfonamides is 1. The highest BCUT2D eigenvalue weighted by atomic mass is 32.2. The predicted molar refractivity (Wildman–Crippen MR) is 74.9 cm³/mol. The summed E-state index contributed by atoms with van der Waals surface area (Å²) in [6.07, 6.45) is 0. The van der Waals surface area contributed by atoms with E-state index in [0.717, 1.165) is 31.4 Å². The van der Waals surface area contributed by atoms with Crippen molar-refractivity contribution in [1.29, 1.82) is 0 Å². The first kappa shape index (κ1) is 15.9. The summed E-state index contributed by atoms with van der Waals surface area (Å²) < 4.78 is 57.7. The van der Waals surface area contributed by atoms with E-state index in [1.165, 1.54) is 18.2 Å². The van der Waals surface area contributed by atoms with Crippen molar-refractivity contribution in [2.75, 3.05) is 11.8 Å². The summed E-state index contributed by atoms with van der Waals surface area (Å²) >= 11 is 0.